The van der Waals surface area contributed by atoms with E-state index < -0.39 is 5.97 Å². The van der Waals surface area contributed by atoms with Crippen LogP contribution < -0.4 is 4.90 Å². The molecule has 0 saturated heterocycles. The van der Waals surface area contributed by atoms with Crippen LogP contribution >= 0.6 is 22.7 Å². The number of thiazole rings is 1. The predicted octanol–water partition coefficient (Wildman–Crippen LogP) is 2.79. The Morgan fingerprint density at radius 1 is 1.53 bits per heavy atom. The van der Waals surface area contributed by atoms with Crippen LogP contribution in [0, 0.1) is 12.3 Å². The van der Waals surface area contributed by atoms with Crippen molar-refractivity contribution in [2.24, 2.45) is 0 Å². The summed E-state index contributed by atoms with van der Waals surface area (Å²) in [4.78, 5) is 18.1. The van der Waals surface area contributed by atoms with Gasteiger partial charge in [0, 0.05) is 11.9 Å². The molecule has 0 atom stereocenters. The standard InChI is InChI=1S/C13H12N2O2S2/c1-2-6-15(7-5-12(16)17)13-14-10(9-19-13)11-4-3-8-18-11/h1,3-4,8-9H,5-7H2,(H,16,17). The van der Waals surface area contributed by atoms with Gasteiger partial charge in [-0.15, -0.1) is 29.1 Å². The van der Waals surface area contributed by atoms with E-state index in [1.165, 1.54) is 11.3 Å². The van der Waals surface area contributed by atoms with Crippen molar-refractivity contribution in [2.45, 2.75) is 6.42 Å². The zero-order valence-corrected chi connectivity index (χ0v) is 11.7. The van der Waals surface area contributed by atoms with Gasteiger partial charge in [-0.25, -0.2) is 4.98 Å². The fourth-order valence-corrected chi connectivity index (χ4v) is 3.14. The van der Waals surface area contributed by atoms with Gasteiger partial charge in [-0.1, -0.05) is 12.0 Å². The first-order chi connectivity index (χ1) is 9.20. The van der Waals surface area contributed by atoms with E-state index >= 15 is 0 Å². The lowest BCUT2D eigenvalue weighted by atomic mass is 10.4. The summed E-state index contributed by atoms with van der Waals surface area (Å²) in [5.74, 6) is 1.70. The van der Waals surface area contributed by atoms with Gasteiger partial charge in [-0.3, -0.25) is 4.79 Å². The zero-order chi connectivity index (χ0) is 13.7. The molecule has 0 saturated carbocycles. The Balaban J connectivity index is 2.14. The molecule has 6 heteroatoms. The number of aliphatic carboxylic acids is 1. The third-order valence-electron chi connectivity index (χ3n) is 2.41. The maximum Gasteiger partial charge on any atom is 0.305 e. The molecule has 0 bridgehead atoms. The Kier molecular flexibility index (Phi) is 4.55. The molecule has 2 aromatic rings. The summed E-state index contributed by atoms with van der Waals surface area (Å²) < 4.78 is 0. The van der Waals surface area contributed by atoms with Gasteiger partial charge < -0.3 is 10.0 Å². The summed E-state index contributed by atoms with van der Waals surface area (Å²) in [7, 11) is 0. The molecule has 1 N–H and O–H groups in total. The lowest BCUT2D eigenvalue weighted by Crippen LogP contribution is -2.26. The molecule has 4 nitrogen and oxygen atoms in total. The second-order valence-corrected chi connectivity index (χ2v) is 5.55. The van der Waals surface area contributed by atoms with Crippen LogP contribution in [0.1, 0.15) is 6.42 Å². The van der Waals surface area contributed by atoms with Crippen molar-refractivity contribution in [3.05, 3.63) is 22.9 Å². The van der Waals surface area contributed by atoms with Crippen LogP contribution in [0.2, 0.25) is 0 Å². The lowest BCUT2D eigenvalue weighted by molar-refractivity contribution is -0.136. The molecule has 0 amide bonds. The molecule has 0 aromatic carbocycles. The van der Waals surface area contributed by atoms with E-state index in [9.17, 15) is 4.79 Å². The zero-order valence-electron chi connectivity index (χ0n) is 10.1. The van der Waals surface area contributed by atoms with Gasteiger partial charge in [0.1, 0.15) is 0 Å². The van der Waals surface area contributed by atoms with Crippen molar-refractivity contribution in [3.8, 4) is 22.9 Å². The van der Waals surface area contributed by atoms with Crippen molar-refractivity contribution >= 4 is 33.8 Å². The van der Waals surface area contributed by atoms with Crippen molar-refractivity contribution in [1.29, 1.82) is 0 Å². The fraction of sp³-hybridized carbons (Fsp3) is 0.231. The number of carboxylic acids is 1. The molecule has 0 radical (unpaired) electrons. The van der Waals surface area contributed by atoms with Gasteiger partial charge in [-0.05, 0) is 11.4 Å². The van der Waals surface area contributed by atoms with Gasteiger partial charge >= 0.3 is 5.97 Å². The number of carboxylic acid groups (broad SMARTS) is 1. The number of rotatable bonds is 6. The Labute approximate surface area is 119 Å². The van der Waals surface area contributed by atoms with Gasteiger partial charge in [0.05, 0.1) is 23.5 Å². The summed E-state index contributed by atoms with van der Waals surface area (Å²) in [6.45, 7) is 0.738. The van der Waals surface area contributed by atoms with Crippen LogP contribution in [-0.4, -0.2) is 29.1 Å². The summed E-state index contributed by atoms with van der Waals surface area (Å²) >= 11 is 3.10. The average molecular weight is 292 g/mol. The van der Waals surface area contributed by atoms with E-state index in [1.54, 1.807) is 11.3 Å². The van der Waals surface area contributed by atoms with E-state index in [4.69, 9.17) is 11.5 Å². The van der Waals surface area contributed by atoms with E-state index in [1.807, 2.05) is 27.8 Å². The number of hydrogen-bond donors (Lipinski definition) is 1. The Hall–Kier alpha value is -1.84. The highest BCUT2D eigenvalue weighted by molar-refractivity contribution is 7.16. The number of hydrogen-bond acceptors (Lipinski definition) is 5. The average Bonchev–Trinajstić information content (AvgIpc) is 3.03. The molecule has 0 fully saturated rings. The van der Waals surface area contributed by atoms with Crippen molar-refractivity contribution < 1.29 is 9.90 Å². The van der Waals surface area contributed by atoms with Crippen LogP contribution in [-0.2, 0) is 4.79 Å². The third kappa shape index (κ3) is 3.56. The van der Waals surface area contributed by atoms with Crippen LogP contribution in [0.5, 0.6) is 0 Å². The van der Waals surface area contributed by atoms with Gasteiger partial charge in [-0.2, -0.15) is 0 Å². The first-order valence-electron chi connectivity index (χ1n) is 5.60. The highest BCUT2D eigenvalue weighted by Crippen LogP contribution is 2.30. The summed E-state index contributed by atoms with van der Waals surface area (Å²) in [5.41, 5.74) is 0.910. The number of carbonyl (C=O) groups is 1. The molecule has 19 heavy (non-hydrogen) atoms. The van der Waals surface area contributed by atoms with Gasteiger partial charge in [0.25, 0.3) is 0 Å². The van der Waals surface area contributed by atoms with Crippen LogP contribution in [0.25, 0.3) is 10.6 Å². The van der Waals surface area contributed by atoms with Crippen LogP contribution in [0.15, 0.2) is 22.9 Å². The molecule has 0 unspecified atom stereocenters. The first kappa shape index (κ1) is 13.6. The molecule has 0 spiro atoms. The minimum absolute atomic E-state index is 0.0512. The Morgan fingerprint density at radius 2 is 2.37 bits per heavy atom. The van der Waals surface area contributed by atoms with Crippen molar-refractivity contribution in [1.82, 2.24) is 4.98 Å². The van der Waals surface area contributed by atoms with E-state index in [-0.39, 0.29) is 6.42 Å². The molecule has 2 rings (SSSR count). The molecule has 2 heterocycles. The van der Waals surface area contributed by atoms with Crippen LogP contribution in [0.3, 0.4) is 0 Å². The highest BCUT2D eigenvalue weighted by atomic mass is 32.1. The normalized spacial score (nSPS) is 10.1. The molecule has 2 aromatic heterocycles. The second-order valence-electron chi connectivity index (χ2n) is 3.76. The SMILES string of the molecule is C#CCN(CCC(=O)O)c1nc(-c2cccs2)cs1. The minimum atomic E-state index is -0.836. The molecule has 0 aliphatic carbocycles. The molecular weight excluding hydrogens is 280 g/mol. The van der Waals surface area contributed by atoms with E-state index in [0.29, 0.717) is 13.1 Å². The molecule has 98 valence electrons. The summed E-state index contributed by atoms with van der Waals surface area (Å²) in [5, 5.41) is 13.5. The topological polar surface area (TPSA) is 53.4 Å². The number of anilines is 1. The van der Waals surface area contributed by atoms with Crippen LogP contribution in [0.4, 0.5) is 5.13 Å². The summed E-state index contributed by atoms with van der Waals surface area (Å²) in [6.07, 6.45) is 5.37. The first-order valence-corrected chi connectivity index (χ1v) is 7.36. The number of nitrogens with zero attached hydrogens (tertiary/aromatic N) is 2. The monoisotopic (exact) mass is 292 g/mol. The quantitative estimate of drug-likeness (QED) is 0.832. The molecular formula is C13H12N2O2S2. The minimum Gasteiger partial charge on any atom is -0.481 e. The Morgan fingerprint density at radius 3 is 3.00 bits per heavy atom. The van der Waals surface area contributed by atoms with Gasteiger partial charge in [0.15, 0.2) is 5.13 Å². The number of thiophene rings is 1. The molecule has 0 aliphatic heterocycles. The number of aromatic nitrogens is 1. The smallest absolute Gasteiger partial charge is 0.305 e. The van der Waals surface area contributed by atoms with E-state index in [2.05, 4.69) is 10.9 Å². The summed E-state index contributed by atoms with van der Waals surface area (Å²) in [6, 6.07) is 3.98. The Bertz CT molecular complexity index is 584. The maximum atomic E-state index is 10.6. The largest absolute Gasteiger partial charge is 0.481 e. The van der Waals surface area contributed by atoms with E-state index in [0.717, 1.165) is 15.7 Å². The van der Waals surface area contributed by atoms with Crippen molar-refractivity contribution in [3.63, 3.8) is 0 Å². The second kappa shape index (κ2) is 6.36. The van der Waals surface area contributed by atoms with Crippen molar-refractivity contribution in [2.75, 3.05) is 18.0 Å². The molecule has 0 aliphatic rings. The number of terminal acetylenes is 1. The lowest BCUT2D eigenvalue weighted by Gasteiger charge is -2.17. The van der Waals surface area contributed by atoms with Gasteiger partial charge in [0.2, 0.25) is 0 Å². The highest BCUT2D eigenvalue weighted by Gasteiger charge is 2.13. The predicted molar refractivity (Wildman–Crippen MR) is 78.7 cm³/mol. The third-order valence-corrected chi connectivity index (χ3v) is 4.21. The maximum absolute atomic E-state index is 10.6. The fourth-order valence-electron chi connectivity index (χ4n) is 1.53.